The van der Waals surface area contributed by atoms with Crippen molar-refractivity contribution in [2.75, 3.05) is 11.9 Å². The van der Waals surface area contributed by atoms with Crippen LogP contribution in [-0.2, 0) is 6.42 Å². The molecule has 1 N–H and O–H groups in total. The van der Waals surface area contributed by atoms with Gasteiger partial charge in [0.15, 0.2) is 0 Å². The van der Waals surface area contributed by atoms with E-state index in [1.54, 1.807) is 25.2 Å². The number of halogens is 1. The summed E-state index contributed by atoms with van der Waals surface area (Å²) >= 11 is 1.74. The maximum Gasteiger partial charge on any atom is 0.126 e. The molecule has 0 aliphatic heterocycles. The molecule has 2 nitrogen and oxygen atoms in total. The summed E-state index contributed by atoms with van der Waals surface area (Å²) in [5, 5.41) is 12.0. The van der Waals surface area contributed by atoms with Gasteiger partial charge in [0.2, 0.25) is 0 Å². The van der Waals surface area contributed by atoms with Crippen molar-refractivity contribution >= 4 is 17.0 Å². The monoisotopic (exact) mass is 307 g/mol. The summed E-state index contributed by atoms with van der Waals surface area (Å²) < 4.78 is 13.8. The van der Waals surface area contributed by atoms with E-state index in [1.165, 1.54) is 10.9 Å². The Kier molecular flexibility index (Phi) is 5.01. The van der Waals surface area contributed by atoms with Gasteiger partial charge in [0.1, 0.15) is 5.82 Å². The molecule has 114 valence electrons. The minimum Gasteiger partial charge on any atom is -0.389 e. The normalized spacial score (nSPS) is 14.0. The third-order valence-electron chi connectivity index (χ3n) is 3.88. The molecule has 0 amide bonds. The highest BCUT2D eigenvalue weighted by molar-refractivity contribution is 7.09. The molecule has 2 rings (SSSR count). The molecule has 4 heteroatoms. The average Bonchev–Trinajstić information content (AvgIpc) is 2.93. The SMILES string of the molecule is Cc1cc(N(C)C(C)Cc2cccs2)c([C@@H](C)O)cc1F. The van der Waals surface area contributed by atoms with Gasteiger partial charge in [-0.05, 0) is 49.9 Å². The molecule has 0 spiro atoms. The fraction of sp³-hybridized carbons (Fsp3) is 0.412. The van der Waals surface area contributed by atoms with E-state index in [0.29, 0.717) is 11.1 Å². The molecular weight excluding hydrogens is 285 g/mol. The number of aliphatic hydroxyl groups excluding tert-OH is 1. The molecule has 0 saturated carbocycles. The Bertz CT molecular complexity index is 595. The van der Waals surface area contributed by atoms with E-state index in [-0.39, 0.29) is 11.9 Å². The first-order chi connectivity index (χ1) is 9.90. The van der Waals surface area contributed by atoms with Crippen LogP contribution in [0.4, 0.5) is 10.1 Å². The predicted molar refractivity (Wildman–Crippen MR) is 87.7 cm³/mol. The Balaban J connectivity index is 2.29. The smallest absolute Gasteiger partial charge is 0.126 e. The number of rotatable bonds is 5. The third kappa shape index (κ3) is 3.63. The molecule has 2 atom stereocenters. The van der Waals surface area contributed by atoms with Gasteiger partial charge in [-0.2, -0.15) is 0 Å². The molecule has 1 unspecified atom stereocenters. The number of aryl methyl sites for hydroxylation is 1. The molecule has 1 heterocycles. The molecular formula is C17H22FNOS. The fourth-order valence-corrected chi connectivity index (χ4v) is 3.24. The number of hydrogen-bond acceptors (Lipinski definition) is 3. The standard InChI is InChI=1S/C17H22FNOS/c1-11-8-17(15(13(3)20)10-16(11)18)19(4)12(2)9-14-6-5-7-21-14/h5-8,10,12-13,20H,9H2,1-4H3/t12?,13-/m1/s1. The van der Waals surface area contributed by atoms with Gasteiger partial charge in [-0.1, -0.05) is 6.07 Å². The summed E-state index contributed by atoms with van der Waals surface area (Å²) in [6.45, 7) is 5.57. The average molecular weight is 307 g/mol. The quantitative estimate of drug-likeness (QED) is 0.889. The molecule has 2 aromatic rings. The number of hydrogen-bond donors (Lipinski definition) is 1. The Hall–Kier alpha value is -1.39. The second kappa shape index (κ2) is 6.58. The lowest BCUT2D eigenvalue weighted by molar-refractivity contribution is 0.199. The van der Waals surface area contributed by atoms with Crippen molar-refractivity contribution < 1.29 is 9.50 Å². The molecule has 1 aromatic heterocycles. The molecule has 1 aromatic carbocycles. The fourth-order valence-electron chi connectivity index (χ4n) is 2.42. The van der Waals surface area contributed by atoms with E-state index >= 15 is 0 Å². The van der Waals surface area contributed by atoms with Crippen LogP contribution in [-0.4, -0.2) is 18.2 Å². The van der Waals surface area contributed by atoms with Gasteiger partial charge in [0.25, 0.3) is 0 Å². The van der Waals surface area contributed by atoms with Crippen LogP contribution in [0.25, 0.3) is 0 Å². The molecule has 21 heavy (non-hydrogen) atoms. The van der Waals surface area contributed by atoms with Gasteiger partial charge in [-0.15, -0.1) is 11.3 Å². The summed E-state index contributed by atoms with van der Waals surface area (Å²) in [7, 11) is 2.00. The highest BCUT2D eigenvalue weighted by Crippen LogP contribution is 2.30. The summed E-state index contributed by atoms with van der Waals surface area (Å²) in [5.41, 5.74) is 2.14. The predicted octanol–water partition coefficient (Wildman–Crippen LogP) is 4.32. The zero-order valence-corrected chi connectivity index (χ0v) is 13.7. The van der Waals surface area contributed by atoms with Gasteiger partial charge >= 0.3 is 0 Å². The Morgan fingerprint density at radius 2 is 2.05 bits per heavy atom. The molecule has 0 aliphatic carbocycles. The van der Waals surface area contributed by atoms with E-state index in [9.17, 15) is 9.50 Å². The minimum atomic E-state index is -0.688. The third-order valence-corrected chi connectivity index (χ3v) is 4.77. The first-order valence-corrected chi connectivity index (χ1v) is 8.01. The van der Waals surface area contributed by atoms with Crippen molar-refractivity contribution in [3.05, 3.63) is 51.5 Å². The second-order valence-corrected chi connectivity index (χ2v) is 6.61. The summed E-state index contributed by atoms with van der Waals surface area (Å²) in [4.78, 5) is 3.44. The number of benzene rings is 1. The van der Waals surface area contributed by atoms with E-state index < -0.39 is 6.10 Å². The number of thiophene rings is 1. The van der Waals surface area contributed by atoms with E-state index in [0.717, 1.165) is 12.1 Å². The van der Waals surface area contributed by atoms with Crippen molar-refractivity contribution in [2.24, 2.45) is 0 Å². The van der Waals surface area contributed by atoms with Crippen LogP contribution in [0.2, 0.25) is 0 Å². The number of aliphatic hydroxyl groups is 1. The van der Waals surface area contributed by atoms with Crippen molar-refractivity contribution in [3.63, 3.8) is 0 Å². The van der Waals surface area contributed by atoms with Gasteiger partial charge in [-0.3, -0.25) is 0 Å². The maximum absolute atomic E-state index is 13.8. The minimum absolute atomic E-state index is 0.269. The maximum atomic E-state index is 13.8. The summed E-state index contributed by atoms with van der Waals surface area (Å²) in [5.74, 6) is -0.269. The Morgan fingerprint density at radius 3 is 2.62 bits per heavy atom. The van der Waals surface area contributed by atoms with Crippen LogP contribution >= 0.6 is 11.3 Å². The first kappa shape index (κ1) is 16.0. The Labute approximate surface area is 129 Å². The highest BCUT2D eigenvalue weighted by Gasteiger charge is 2.18. The van der Waals surface area contributed by atoms with Crippen molar-refractivity contribution in [2.45, 2.75) is 39.3 Å². The zero-order chi connectivity index (χ0) is 15.6. The van der Waals surface area contributed by atoms with Crippen molar-refractivity contribution in [3.8, 4) is 0 Å². The van der Waals surface area contributed by atoms with Gasteiger partial charge in [0.05, 0.1) is 6.10 Å². The van der Waals surface area contributed by atoms with Crippen LogP contribution < -0.4 is 4.90 Å². The summed E-state index contributed by atoms with van der Waals surface area (Å²) in [6, 6.07) is 7.72. The van der Waals surface area contributed by atoms with Crippen LogP contribution in [0.5, 0.6) is 0 Å². The number of anilines is 1. The van der Waals surface area contributed by atoms with Gasteiger partial charge < -0.3 is 10.0 Å². The van der Waals surface area contributed by atoms with Crippen molar-refractivity contribution in [1.82, 2.24) is 0 Å². The molecule has 0 saturated heterocycles. The van der Waals surface area contributed by atoms with E-state index in [1.807, 2.05) is 13.1 Å². The van der Waals surface area contributed by atoms with Crippen LogP contribution in [0, 0.1) is 12.7 Å². The van der Waals surface area contributed by atoms with Gasteiger partial charge in [0, 0.05) is 35.6 Å². The lowest BCUT2D eigenvalue weighted by Crippen LogP contribution is -2.31. The van der Waals surface area contributed by atoms with Crippen LogP contribution in [0.15, 0.2) is 29.6 Å². The molecule has 0 aliphatic rings. The Morgan fingerprint density at radius 1 is 1.33 bits per heavy atom. The second-order valence-electron chi connectivity index (χ2n) is 5.58. The number of likely N-dealkylation sites (N-methyl/N-ethyl adjacent to an activating group) is 1. The number of nitrogens with zero attached hydrogens (tertiary/aromatic N) is 1. The van der Waals surface area contributed by atoms with E-state index in [2.05, 4.69) is 29.3 Å². The summed E-state index contributed by atoms with van der Waals surface area (Å²) in [6.07, 6.45) is 0.246. The lowest BCUT2D eigenvalue weighted by atomic mass is 10.0. The lowest BCUT2D eigenvalue weighted by Gasteiger charge is -2.30. The van der Waals surface area contributed by atoms with Crippen molar-refractivity contribution in [1.29, 1.82) is 0 Å². The first-order valence-electron chi connectivity index (χ1n) is 7.13. The zero-order valence-electron chi connectivity index (χ0n) is 12.9. The molecule has 0 fully saturated rings. The topological polar surface area (TPSA) is 23.5 Å². The van der Waals surface area contributed by atoms with Crippen LogP contribution in [0.1, 0.15) is 36.0 Å². The molecule has 0 bridgehead atoms. The molecule has 0 radical (unpaired) electrons. The highest BCUT2D eigenvalue weighted by atomic mass is 32.1. The largest absolute Gasteiger partial charge is 0.389 e. The van der Waals surface area contributed by atoms with E-state index in [4.69, 9.17) is 0 Å². The van der Waals surface area contributed by atoms with Gasteiger partial charge in [-0.25, -0.2) is 4.39 Å². The van der Waals surface area contributed by atoms with Crippen LogP contribution in [0.3, 0.4) is 0 Å².